The molecule has 2 heterocycles. The Hall–Kier alpha value is -2.14. The summed E-state index contributed by atoms with van der Waals surface area (Å²) in [5.41, 5.74) is 0.0178. The lowest BCUT2D eigenvalue weighted by molar-refractivity contribution is 0.0561. The second-order valence-corrected chi connectivity index (χ2v) is 5.44. The van der Waals surface area contributed by atoms with Crippen LogP contribution < -0.4 is 5.63 Å². The predicted octanol–water partition coefficient (Wildman–Crippen LogP) is 2.43. The number of carbonyl (C=O) groups excluding carboxylic acids is 1. The number of para-hydroxylation sites is 1. The van der Waals surface area contributed by atoms with Crippen LogP contribution in [0.3, 0.4) is 0 Å². The van der Waals surface area contributed by atoms with Gasteiger partial charge in [0.05, 0.1) is 12.6 Å². The highest BCUT2D eigenvalue weighted by Crippen LogP contribution is 2.21. The number of hydrogen-bond acceptors (Lipinski definition) is 4. The fraction of sp³-hybridized carbons (Fsp3) is 0.412. The van der Waals surface area contributed by atoms with E-state index in [0.29, 0.717) is 25.3 Å². The van der Waals surface area contributed by atoms with E-state index in [1.165, 1.54) is 0 Å². The number of rotatable bonds is 4. The first-order chi connectivity index (χ1) is 10.7. The number of fused-ring (bicyclic) bond motifs is 1. The summed E-state index contributed by atoms with van der Waals surface area (Å²) in [5.74, 6) is -0.262. The van der Waals surface area contributed by atoms with Gasteiger partial charge in [-0.1, -0.05) is 18.2 Å². The van der Waals surface area contributed by atoms with E-state index in [4.69, 9.17) is 9.15 Å². The Morgan fingerprint density at radius 3 is 3.05 bits per heavy atom. The zero-order valence-corrected chi connectivity index (χ0v) is 12.6. The molecule has 0 spiro atoms. The van der Waals surface area contributed by atoms with E-state index >= 15 is 0 Å². The lowest BCUT2D eigenvalue weighted by Gasteiger charge is -2.24. The molecule has 0 saturated carbocycles. The third-order valence-corrected chi connectivity index (χ3v) is 4.02. The molecule has 0 radical (unpaired) electrons. The summed E-state index contributed by atoms with van der Waals surface area (Å²) in [6.45, 7) is 3.72. The fourth-order valence-electron chi connectivity index (χ4n) is 2.90. The molecular weight excluding hydrogens is 282 g/mol. The minimum Gasteiger partial charge on any atom is -0.422 e. The number of ether oxygens (including phenoxy) is 1. The van der Waals surface area contributed by atoms with Crippen molar-refractivity contribution in [2.75, 3.05) is 19.8 Å². The first kappa shape index (κ1) is 14.8. The highest BCUT2D eigenvalue weighted by molar-refractivity contribution is 5.97. The van der Waals surface area contributed by atoms with Crippen LogP contribution in [0.4, 0.5) is 0 Å². The third-order valence-electron chi connectivity index (χ3n) is 4.02. The smallest absolute Gasteiger partial charge is 0.349 e. The van der Waals surface area contributed by atoms with E-state index in [9.17, 15) is 9.59 Å². The van der Waals surface area contributed by atoms with Gasteiger partial charge in [0.2, 0.25) is 0 Å². The quantitative estimate of drug-likeness (QED) is 0.814. The zero-order chi connectivity index (χ0) is 15.5. The van der Waals surface area contributed by atoms with Gasteiger partial charge in [0, 0.05) is 18.5 Å². The molecule has 1 aromatic carbocycles. The molecule has 1 unspecified atom stereocenters. The lowest BCUT2D eigenvalue weighted by atomic mass is 10.1. The van der Waals surface area contributed by atoms with Crippen molar-refractivity contribution in [1.29, 1.82) is 0 Å². The average molecular weight is 301 g/mol. The molecule has 1 amide bonds. The van der Waals surface area contributed by atoms with Crippen molar-refractivity contribution in [2.24, 2.45) is 0 Å². The molecule has 116 valence electrons. The number of hydrogen-bond donors (Lipinski definition) is 0. The summed E-state index contributed by atoms with van der Waals surface area (Å²) in [4.78, 5) is 26.5. The molecule has 1 saturated heterocycles. The maximum absolute atomic E-state index is 12.7. The molecule has 22 heavy (non-hydrogen) atoms. The molecule has 1 aliphatic rings. The third kappa shape index (κ3) is 2.76. The minimum atomic E-state index is -0.578. The monoisotopic (exact) mass is 301 g/mol. The van der Waals surface area contributed by atoms with Crippen molar-refractivity contribution in [3.8, 4) is 0 Å². The van der Waals surface area contributed by atoms with Crippen LogP contribution in [0, 0.1) is 0 Å². The summed E-state index contributed by atoms with van der Waals surface area (Å²) in [6.07, 6.45) is 1.84. The fourth-order valence-corrected chi connectivity index (χ4v) is 2.90. The summed E-state index contributed by atoms with van der Waals surface area (Å²) in [6, 6.07) is 8.86. The summed E-state index contributed by atoms with van der Waals surface area (Å²) in [5, 5.41) is 0.756. The van der Waals surface area contributed by atoms with Crippen molar-refractivity contribution in [1.82, 2.24) is 4.90 Å². The van der Waals surface area contributed by atoms with Gasteiger partial charge < -0.3 is 14.1 Å². The second-order valence-electron chi connectivity index (χ2n) is 5.44. The molecular formula is C17H19NO4. The Morgan fingerprint density at radius 1 is 1.41 bits per heavy atom. The maximum atomic E-state index is 12.7. The molecule has 1 atom stereocenters. The topological polar surface area (TPSA) is 59.8 Å². The highest BCUT2D eigenvalue weighted by atomic mass is 16.5. The van der Waals surface area contributed by atoms with Crippen LogP contribution in [0.15, 0.2) is 39.5 Å². The van der Waals surface area contributed by atoms with Crippen molar-refractivity contribution in [2.45, 2.75) is 25.8 Å². The average Bonchev–Trinajstić information content (AvgIpc) is 3.00. The summed E-state index contributed by atoms with van der Waals surface area (Å²) in [7, 11) is 0. The van der Waals surface area contributed by atoms with Crippen molar-refractivity contribution < 1.29 is 13.9 Å². The molecule has 1 aromatic heterocycles. The Kier molecular flexibility index (Phi) is 4.24. The normalized spacial score (nSPS) is 18.0. The molecule has 0 bridgehead atoms. The molecule has 1 fully saturated rings. The van der Waals surface area contributed by atoms with Crippen LogP contribution in [-0.4, -0.2) is 36.6 Å². The van der Waals surface area contributed by atoms with Crippen LogP contribution in [-0.2, 0) is 4.74 Å². The standard InChI is InChI=1S/C17H19NO4/c1-2-21-11-13-7-5-9-18(13)16(19)14-10-12-6-3-4-8-15(12)22-17(14)20/h3-4,6,8,10,13H,2,5,7,9,11H2,1H3. The number of likely N-dealkylation sites (tertiary alicyclic amines) is 1. The predicted molar refractivity (Wildman–Crippen MR) is 83.0 cm³/mol. The van der Waals surface area contributed by atoms with Crippen LogP contribution >= 0.6 is 0 Å². The Morgan fingerprint density at radius 2 is 2.23 bits per heavy atom. The van der Waals surface area contributed by atoms with Gasteiger partial charge in [-0.05, 0) is 31.9 Å². The Balaban J connectivity index is 1.91. The van der Waals surface area contributed by atoms with Crippen LogP contribution in [0.5, 0.6) is 0 Å². The molecule has 3 rings (SSSR count). The number of nitrogens with zero attached hydrogens (tertiary/aromatic N) is 1. The van der Waals surface area contributed by atoms with Gasteiger partial charge in [-0.3, -0.25) is 4.79 Å². The van der Waals surface area contributed by atoms with Gasteiger partial charge >= 0.3 is 5.63 Å². The molecule has 2 aromatic rings. The first-order valence-electron chi connectivity index (χ1n) is 7.62. The SMILES string of the molecule is CCOCC1CCCN1C(=O)c1cc2ccccc2oc1=O. The van der Waals surface area contributed by atoms with E-state index in [1.54, 1.807) is 23.1 Å². The molecule has 5 nitrogen and oxygen atoms in total. The van der Waals surface area contributed by atoms with E-state index in [1.807, 2.05) is 19.1 Å². The van der Waals surface area contributed by atoms with Gasteiger partial charge in [0.1, 0.15) is 11.1 Å². The van der Waals surface area contributed by atoms with Gasteiger partial charge in [-0.2, -0.15) is 0 Å². The highest BCUT2D eigenvalue weighted by Gasteiger charge is 2.31. The number of amides is 1. The number of benzene rings is 1. The Bertz CT molecular complexity index is 737. The van der Waals surface area contributed by atoms with Crippen molar-refractivity contribution in [3.63, 3.8) is 0 Å². The number of carbonyl (C=O) groups is 1. The minimum absolute atomic E-state index is 0.0401. The van der Waals surface area contributed by atoms with Crippen molar-refractivity contribution in [3.05, 3.63) is 46.3 Å². The van der Waals surface area contributed by atoms with E-state index in [-0.39, 0.29) is 17.5 Å². The van der Waals surface area contributed by atoms with Crippen molar-refractivity contribution >= 4 is 16.9 Å². The van der Waals surface area contributed by atoms with Gasteiger partial charge in [0.25, 0.3) is 5.91 Å². The molecule has 0 aliphatic carbocycles. The Labute approximate surface area is 128 Å². The molecule has 1 aliphatic heterocycles. The van der Waals surface area contributed by atoms with Gasteiger partial charge in [0.15, 0.2) is 0 Å². The molecule has 0 N–H and O–H groups in total. The lowest BCUT2D eigenvalue weighted by Crippen LogP contribution is -2.40. The second kappa shape index (κ2) is 6.32. The first-order valence-corrected chi connectivity index (χ1v) is 7.62. The van der Waals surface area contributed by atoms with Crippen LogP contribution in [0.1, 0.15) is 30.1 Å². The van der Waals surface area contributed by atoms with E-state index in [2.05, 4.69) is 0 Å². The van der Waals surface area contributed by atoms with Gasteiger partial charge in [-0.25, -0.2) is 4.79 Å². The maximum Gasteiger partial charge on any atom is 0.349 e. The summed E-state index contributed by atoms with van der Waals surface area (Å²) >= 11 is 0. The van der Waals surface area contributed by atoms with Crippen LogP contribution in [0.25, 0.3) is 11.0 Å². The summed E-state index contributed by atoms with van der Waals surface area (Å²) < 4.78 is 10.7. The van der Waals surface area contributed by atoms with E-state index < -0.39 is 5.63 Å². The molecule has 5 heteroatoms. The van der Waals surface area contributed by atoms with Crippen LogP contribution in [0.2, 0.25) is 0 Å². The zero-order valence-electron chi connectivity index (χ0n) is 12.6. The van der Waals surface area contributed by atoms with Gasteiger partial charge in [-0.15, -0.1) is 0 Å². The van der Waals surface area contributed by atoms with E-state index in [0.717, 1.165) is 18.2 Å². The largest absolute Gasteiger partial charge is 0.422 e.